The molecule has 2 heterocycles. The van der Waals surface area contributed by atoms with Crippen molar-refractivity contribution in [2.24, 2.45) is 0 Å². The lowest BCUT2D eigenvalue weighted by Gasteiger charge is -2.11. The van der Waals surface area contributed by atoms with Crippen molar-refractivity contribution in [2.45, 2.75) is 6.42 Å². The van der Waals surface area contributed by atoms with Crippen molar-refractivity contribution in [1.29, 1.82) is 0 Å². The van der Waals surface area contributed by atoms with Gasteiger partial charge in [-0.05, 0) is 54.0 Å². The summed E-state index contributed by atoms with van der Waals surface area (Å²) in [7, 11) is 0. The zero-order chi connectivity index (χ0) is 25.9. The van der Waals surface area contributed by atoms with E-state index in [0.29, 0.717) is 28.1 Å². The molecule has 1 aromatic heterocycles. The van der Waals surface area contributed by atoms with E-state index in [4.69, 9.17) is 13.9 Å². The average Bonchev–Trinajstić information content (AvgIpc) is 3.34. The van der Waals surface area contributed by atoms with Gasteiger partial charge in [0.1, 0.15) is 17.1 Å². The normalized spacial score (nSPS) is 12.0. The molecule has 1 aliphatic heterocycles. The maximum Gasteiger partial charge on any atom is 0.262 e. The molecule has 0 saturated carbocycles. The first-order valence-corrected chi connectivity index (χ1v) is 12.2. The Kier molecular flexibility index (Phi) is 6.20. The molecule has 0 saturated heterocycles. The number of fused-ring (bicyclic) bond motifs is 2. The Labute approximate surface area is 219 Å². The molecule has 0 unspecified atom stereocenters. The summed E-state index contributed by atoms with van der Waals surface area (Å²) in [5.74, 6) is 1.06. The predicted molar refractivity (Wildman–Crippen MR) is 146 cm³/mol. The summed E-state index contributed by atoms with van der Waals surface area (Å²) in [6, 6.07) is 29.4. The van der Waals surface area contributed by atoms with E-state index in [0.717, 1.165) is 28.7 Å². The maximum absolute atomic E-state index is 13.5. The van der Waals surface area contributed by atoms with E-state index >= 15 is 0 Å². The highest BCUT2D eigenvalue weighted by molar-refractivity contribution is 6.15. The van der Waals surface area contributed by atoms with Gasteiger partial charge in [0.15, 0.2) is 12.4 Å². The summed E-state index contributed by atoms with van der Waals surface area (Å²) in [5, 5.41) is 3.63. The third kappa shape index (κ3) is 4.67. The zero-order valence-electron chi connectivity index (χ0n) is 20.3. The average molecular weight is 502 g/mol. The highest BCUT2D eigenvalue weighted by atomic mass is 16.5. The minimum Gasteiger partial charge on any atom is -0.484 e. The Bertz CT molecular complexity index is 1650. The van der Waals surface area contributed by atoms with Crippen molar-refractivity contribution in [1.82, 2.24) is 0 Å². The van der Waals surface area contributed by atoms with Crippen LogP contribution in [-0.2, 0) is 11.2 Å². The van der Waals surface area contributed by atoms with Crippen LogP contribution in [0, 0.1) is 0 Å². The van der Waals surface area contributed by atoms with Crippen LogP contribution < -0.4 is 14.8 Å². The third-order valence-electron chi connectivity index (χ3n) is 6.31. The molecule has 1 N–H and O–H groups in total. The van der Waals surface area contributed by atoms with Crippen LogP contribution in [0.1, 0.15) is 21.7 Å². The van der Waals surface area contributed by atoms with Gasteiger partial charge in [0.25, 0.3) is 5.91 Å². The number of allylic oxidation sites excluding steroid dienone is 1. The SMILES string of the molecule is O=C(COc1ccc(-c2c(C(=O)c3ccccc3)oc3cc4c(cc23)CC=CO4)cc1)Nc1ccccc1. The molecule has 6 nitrogen and oxygen atoms in total. The second kappa shape index (κ2) is 10.1. The van der Waals surface area contributed by atoms with Crippen molar-refractivity contribution < 1.29 is 23.5 Å². The lowest BCUT2D eigenvalue weighted by molar-refractivity contribution is -0.118. The topological polar surface area (TPSA) is 77.8 Å². The van der Waals surface area contributed by atoms with Gasteiger partial charge in [-0.2, -0.15) is 0 Å². The van der Waals surface area contributed by atoms with Gasteiger partial charge in [-0.1, -0.05) is 60.7 Å². The second-order valence-electron chi connectivity index (χ2n) is 8.88. The lowest BCUT2D eigenvalue weighted by atomic mass is 9.96. The summed E-state index contributed by atoms with van der Waals surface area (Å²) in [6.07, 6.45) is 4.34. The fourth-order valence-electron chi connectivity index (χ4n) is 4.49. The predicted octanol–water partition coefficient (Wildman–Crippen LogP) is 6.80. The first-order chi connectivity index (χ1) is 18.7. The van der Waals surface area contributed by atoms with Crippen LogP contribution in [0.15, 0.2) is 114 Å². The maximum atomic E-state index is 13.5. The monoisotopic (exact) mass is 501 g/mol. The van der Waals surface area contributed by atoms with E-state index < -0.39 is 0 Å². The molecule has 38 heavy (non-hydrogen) atoms. The molecule has 186 valence electrons. The highest BCUT2D eigenvalue weighted by Gasteiger charge is 2.25. The number of hydrogen-bond acceptors (Lipinski definition) is 5. The van der Waals surface area contributed by atoms with Crippen LogP contribution in [0.2, 0.25) is 0 Å². The number of carbonyl (C=O) groups excluding carboxylic acids is 2. The number of furan rings is 1. The quantitative estimate of drug-likeness (QED) is 0.248. The molecule has 5 aromatic rings. The molecule has 6 rings (SSSR count). The van der Waals surface area contributed by atoms with Crippen LogP contribution in [0.25, 0.3) is 22.1 Å². The molecule has 6 heteroatoms. The van der Waals surface area contributed by atoms with Crippen LogP contribution >= 0.6 is 0 Å². The van der Waals surface area contributed by atoms with Crippen LogP contribution in [0.5, 0.6) is 11.5 Å². The molecule has 0 aliphatic carbocycles. The lowest BCUT2D eigenvalue weighted by Crippen LogP contribution is -2.20. The standard InChI is InChI=1S/C32H23NO5/c34-29(33-24-11-5-2-6-12-24)20-37-25-15-13-21(14-16-25)30-26-18-23-10-7-17-36-27(23)19-28(26)38-32(30)31(35)22-8-3-1-4-9-22/h1-9,11-19H,10,20H2,(H,33,34). The largest absolute Gasteiger partial charge is 0.484 e. The first-order valence-electron chi connectivity index (χ1n) is 12.2. The Morgan fingerprint density at radius 1 is 0.868 bits per heavy atom. The summed E-state index contributed by atoms with van der Waals surface area (Å²) in [6.45, 7) is -0.125. The van der Waals surface area contributed by atoms with Gasteiger partial charge in [-0.25, -0.2) is 0 Å². The Morgan fingerprint density at radius 3 is 2.37 bits per heavy atom. The molecular weight excluding hydrogens is 478 g/mol. The molecule has 0 bridgehead atoms. The summed E-state index contributed by atoms with van der Waals surface area (Å²) >= 11 is 0. The zero-order valence-corrected chi connectivity index (χ0v) is 20.3. The van der Waals surface area contributed by atoms with E-state index in [2.05, 4.69) is 5.32 Å². The van der Waals surface area contributed by atoms with E-state index in [1.54, 1.807) is 30.5 Å². The molecule has 1 aliphatic rings. The number of hydrogen-bond donors (Lipinski definition) is 1. The summed E-state index contributed by atoms with van der Waals surface area (Å²) in [5.41, 5.74) is 4.36. The van der Waals surface area contributed by atoms with Gasteiger partial charge < -0.3 is 19.2 Å². The van der Waals surface area contributed by atoms with E-state index in [1.807, 2.05) is 78.9 Å². The summed E-state index contributed by atoms with van der Waals surface area (Å²) in [4.78, 5) is 25.8. The van der Waals surface area contributed by atoms with Gasteiger partial charge in [0.2, 0.25) is 5.78 Å². The molecular formula is C32H23NO5. The number of para-hydroxylation sites is 1. The Balaban J connectivity index is 1.31. The number of ketones is 1. The molecule has 1 amide bonds. The third-order valence-corrected chi connectivity index (χ3v) is 6.31. The van der Waals surface area contributed by atoms with E-state index in [1.165, 1.54) is 0 Å². The van der Waals surface area contributed by atoms with Crippen molar-refractivity contribution in [2.75, 3.05) is 11.9 Å². The molecule has 4 aromatic carbocycles. The number of anilines is 1. The van der Waals surface area contributed by atoms with E-state index in [9.17, 15) is 9.59 Å². The number of amides is 1. The van der Waals surface area contributed by atoms with Crippen molar-refractivity contribution >= 4 is 28.3 Å². The molecule has 0 fully saturated rings. The summed E-state index contributed by atoms with van der Waals surface area (Å²) < 4.78 is 17.5. The Morgan fingerprint density at radius 2 is 1.61 bits per heavy atom. The number of carbonyl (C=O) groups is 2. The molecule has 0 atom stereocenters. The Hall–Kier alpha value is -5.10. The number of benzene rings is 4. The fraction of sp³-hybridized carbons (Fsp3) is 0.0625. The van der Waals surface area contributed by atoms with Crippen molar-refractivity contribution in [3.8, 4) is 22.6 Å². The van der Waals surface area contributed by atoms with Gasteiger partial charge in [0.05, 0.1) is 6.26 Å². The molecule has 0 spiro atoms. The smallest absolute Gasteiger partial charge is 0.262 e. The van der Waals surface area contributed by atoms with Gasteiger partial charge in [-0.3, -0.25) is 9.59 Å². The fourth-order valence-corrected chi connectivity index (χ4v) is 4.49. The van der Waals surface area contributed by atoms with Crippen LogP contribution in [-0.4, -0.2) is 18.3 Å². The van der Waals surface area contributed by atoms with Gasteiger partial charge in [-0.15, -0.1) is 0 Å². The number of ether oxygens (including phenoxy) is 2. The minimum absolute atomic E-state index is 0.125. The first kappa shape index (κ1) is 23.3. The van der Waals surface area contributed by atoms with Crippen LogP contribution in [0.3, 0.4) is 0 Å². The highest BCUT2D eigenvalue weighted by Crippen LogP contribution is 2.40. The van der Waals surface area contributed by atoms with Gasteiger partial charge >= 0.3 is 0 Å². The van der Waals surface area contributed by atoms with Crippen molar-refractivity contribution in [3.63, 3.8) is 0 Å². The number of rotatable bonds is 7. The minimum atomic E-state index is -0.252. The van der Waals surface area contributed by atoms with Crippen molar-refractivity contribution in [3.05, 3.63) is 126 Å². The van der Waals surface area contributed by atoms with Gasteiger partial charge in [0, 0.05) is 28.3 Å². The van der Waals surface area contributed by atoms with Crippen LogP contribution in [0.4, 0.5) is 5.69 Å². The number of nitrogens with one attached hydrogen (secondary N) is 1. The second-order valence-corrected chi connectivity index (χ2v) is 8.88. The van der Waals surface area contributed by atoms with E-state index in [-0.39, 0.29) is 24.1 Å². The molecule has 0 radical (unpaired) electrons.